The van der Waals surface area contributed by atoms with E-state index in [4.69, 9.17) is 5.11 Å². The van der Waals surface area contributed by atoms with Crippen LogP contribution < -0.4 is 10.6 Å². The molecule has 5 nitrogen and oxygen atoms in total. The molecule has 0 aromatic heterocycles. The molecule has 5 heteroatoms. The molecule has 1 aliphatic carbocycles. The average molecular weight is 248 g/mol. The van der Waals surface area contributed by atoms with Crippen LogP contribution in [0.5, 0.6) is 0 Å². The van der Waals surface area contributed by atoms with Crippen LogP contribution in [0.1, 0.15) is 23.2 Å². The van der Waals surface area contributed by atoms with Gasteiger partial charge in [0.2, 0.25) is 5.91 Å². The molecule has 0 heterocycles. The number of nitrogens with one attached hydrogen (secondary N) is 2. The molecule has 96 valence electrons. The van der Waals surface area contributed by atoms with Crippen molar-refractivity contribution in [3.8, 4) is 0 Å². The number of amides is 2. The molecule has 0 spiro atoms. The number of hydrogen-bond donors (Lipinski definition) is 3. The smallest absolute Gasteiger partial charge is 0.251 e. The van der Waals surface area contributed by atoms with Crippen molar-refractivity contribution in [1.29, 1.82) is 0 Å². The Labute approximate surface area is 105 Å². The fourth-order valence-corrected chi connectivity index (χ4v) is 1.67. The Hall–Kier alpha value is -1.88. The second kappa shape index (κ2) is 5.18. The van der Waals surface area contributed by atoms with Crippen LogP contribution >= 0.6 is 0 Å². The van der Waals surface area contributed by atoms with E-state index in [1.54, 1.807) is 24.3 Å². The van der Waals surface area contributed by atoms with Gasteiger partial charge in [0.1, 0.15) is 0 Å². The minimum Gasteiger partial charge on any atom is -0.394 e. The largest absolute Gasteiger partial charge is 0.394 e. The van der Waals surface area contributed by atoms with Gasteiger partial charge in [-0.3, -0.25) is 9.59 Å². The van der Waals surface area contributed by atoms with Crippen molar-refractivity contribution in [2.75, 3.05) is 13.2 Å². The van der Waals surface area contributed by atoms with E-state index in [1.807, 2.05) is 6.07 Å². The summed E-state index contributed by atoms with van der Waals surface area (Å²) < 4.78 is 0. The Bertz CT molecular complexity index is 441. The van der Waals surface area contributed by atoms with Crippen LogP contribution in [0.25, 0.3) is 0 Å². The summed E-state index contributed by atoms with van der Waals surface area (Å²) in [5.41, 5.74) is 0.0859. The monoisotopic (exact) mass is 248 g/mol. The van der Waals surface area contributed by atoms with Crippen molar-refractivity contribution in [1.82, 2.24) is 10.6 Å². The van der Waals surface area contributed by atoms with Gasteiger partial charge in [-0.25, -0.2) is 0 Å². The second-order valence-electron chi connectivity index (χ2n) is 4.54. The Balaban J connectivity index is 1.78. The Morgan fingerprint density at radius 2 is 1.89 bits per heavy atom. The molecule has 18 heavy (non-hydrogen) atoms. The van der Waals surface area contributed by atoms with Crippen LogP contribution in [0.4, 0.5) is 0 Å². The summed E-state index contributed by atoms with van der Waals surface area (Å²) in [6.07, 6.45) is 1.59. The lowest BCUT2D eigenvalue weighted by Crippen LogP contribution is -2.45. The molecule has 2 amide bonds. The van der Waals surface area contributed by atoms with Crippen molar-refractivity contribution < 1.29 is 14.7 Å². The quantitative estimate of drug-likeness (QED) is 0.689. The van der Waals surface area contributed by atoms with Gasteiger partial charge in [0.25, 0.3) is 5.91 Å². The van der Waals surface area contributed by atoms with Crippen molar-refractivity contribution in [2.24, 2.45) is 0 Å². The van der Waals surface area contributed by atoms with Gasteiger partial charge in [0.05, 0.1) is 18.7 Å². The molecule has 3 N–H and O–H groups in total. The predicted octanol–water partition coefficient (Wildman–Crippen LogP) is 0.0575. The molecular formula is C13H16N2O3. The number of rotatable bonds is 5. The number of aliphatic hydroxyl groups is 1. The highest BCUT2D eigenvalue weighted by Crippen LogP contribution is 2.34. The van der Waals surface area contributed by atoms with Crippen LogP contribution in [-0.4, -0.2) is 35.6 Å². The first kappa shape index (κ1) is 12.6. The molecule has 2 rings (SSSR count). The van der Waals surface area contributed by atoms with E-state index in [0.29, 0.717) is 5.56 Å². The first-order valence-electron chi connectivity index (χ1n) is 5.90. The summed E-state index contributed by atoms with van der Waals surface area (Å²) >= 11 is 0. The zero-order valence-electron chi connectivity index (χ0n) is 9.98. The summed E-state index contributed by atoms with van der Waals surface area (Å²) in [6.45, 7) is -0.124. The van der Waals surface area contributed by atoms with Gasteiger partial charge in [0, 0.05) is 5.56 Å². The Kier molecular flexibility index (Phi) is 3.62. The zero-order valence-corrected chi connectivity index (χ0v) is 9.98. The Morgan fingerprint density at radius 1 is 1.22 bits per heavy atom. The van der Waals surface area contributed by atoms with Crippen molar-refractivity contribution in [3.63, 3.8) is 0 Å². The first-order valence-corrected chi connectivity index (χ1v) is 5.90. The molecule has 0 bridgehead atoms. The minimum absolute atomic E-state index is 0.0502. The third-order valence-electron chi connectivity index (χ3n) is 3.01. The number of carbonyl (C=O) groups excluding carboxylic acids is 2. The predicted molar refractivity (Wildman–Crippen MR) is 66.0 cm³/mol. The van der Waals surface area contributed by atoms with E-state index in [1.165, 1.54) is 0 Å². The highest BCUT2D eigenvalue weighted by Gasteiger charge is 2.43. The molecule has 0 saturated heterocycles. The number of hydrogen-bond acceptors (Lipinski definition) is 3. The molecule has 0 aliphatic heterocycles. The van der Waals surface area contributed by atoms with E-state index in [2.05, 4.69) is 10.6 Å². The van der Waals surface area contributed by atoms with Gasteiger partial charge in [-0.05, 0) is 25.0 Å². The summed E-state index contributed by atoms with van der Waals surface area (Å²) in [7, 11) is 0. The second-order valence-corrected chi connectivity index (χ2v) is 4.54. The van der Waals surface area contributed by atoms with Crippen LogP contribution in [0.3, 0.4) is 0 Å². The third-order valence-corrected chi connectivity index (χ3v) is 3.01. The van der Waals surface area contributed by atoms with E-state index in [-0.39, 0.29) is 25.0 Å². The summed E-state index contributed by atoms with van der Waals surface area (Å²) in [5, 5.41) is 14.3. The topological polar surface area (TPSA) is 78.4 Å². The SMILES string of the molecule is O=C(CNC(=O)c1ccccc1)NC1(CO)CC1. The third kappa shape index (κ3) is 3.07. The molecule has 1 aliphatic rings. The molecule has 0 unspecified atom stereocenters. The van der Waals surface area contributed by atoms with E-state index in [0.717, 1.165) is 12.8 Å². The Morgan fingerprint density at radius 3 is 2.44 bits per heavy atom. The number of benzene rings is 1. The van der Waals surface area contributed by atoms with Crippen molar-refractivity contribution in [2.45, 2.75) is 18.4 Å². The number of carbonyl (C=O) groups is 2. The summed E-state index contributed by atoms with van der Waals surface area (Å²) in [6, 6.07) is 8.72. The van der Waals surface area contributed by atoms with Crippen molar-refractivity contribution >= 4 is 11.8 Å². The highest BCUT2D eigenvalue weighted by atomic mass is 16.3. The molecule has 0 radical (unpaired) electrons. The van der Waals surface area contributed by atoms with Crippen molar-refractivity contribution in [3.05, 3.63) is 35.9 Å². The van der Waals surface area contributed by atoms with Gasteiger partial charge in [-0.1, -0.05) is 18.2 Å². The molecule has 1 aromatic carbocycles. The van der Waals surface area contributed by atoms with Gasteiger partial charge in [-0.2, -0.15) is 0 Å². The standard InChI is InChI=1S/C13H16N2O3/c16-9-13(6-7-13)15-11(17)8-14-12(18)10-4-2-1-3-5-10/h1-5,16H,6-9H2,(H,14,18)(H,15,17). The average Bonchev–Trinajstić information content (AvgIpc) is 3.17. The molecule has 0 atom stereocenters. The zero-order chi connectivity index (χ0) is 13.0. The van der Waals surface area contributed by atoms with Gasteiger partial charge in [-0.15, -0.1) is 0 Å². The lowest BCUT2D eigenvalue weighted by atomic mass is 10.2. The van der Waals surface area contributed by atoms with E-state index in [9.17, 15) is 9.59 Å². The first-order chi connectivity index (χ1) is 8.65. The van der Waals surface area contributed by atoms with Gasteiger partial charge in [0.15, 0.2) is 0 Å². The fraction of sp³-hybridized carbons (Fsp3) is 0.385. The summed E-state index contributed by atoms with van der Waals surface area (Å²) in [5.74, 6) is -0.551. The lowest BCUT2D eigenvalue weighted by Gasteiger charge is -2.14. The fourth-order valence-electron chi connectivity index (χ4n) is 1.67. The van der Waals surface area contributed by atoms with E-state index < -0.39 is 5.54 Å². The van der Waals surface area contributed by atoms with E-state index >= 15 is 0 Å². The molecule has 1 fully saturated rings. The van der Waals surface area contributed by atoms with Crippen LogP contribution in [0, 0.1) is 0 Å². The van der Waals surface area contributed by atoms with Gasteiger partial charge < -0.3 is 15.7 Å². The van der Waals surface area contributed by atoms with Gasteiger partial charge >= 0.3 is 0 Å². The molecular weight excluding hydrogens is 232 g/mol. The summed E-state index contributed by atoms with van der Waals surface area (Å²) in [4.78, 5) is 23.2. The number of aliphatic hydroxyl groups excluding tert-OH is 1. The molecule has 1 saturated carbocycles. The maximum absolute atomic E-state index is 11.7. The van der Waals surface area contributed by atoms with Crippen LogP contribution in [0.15, 0.2) is 30.3 Å². The highest BCUT2D eigenvalue weighted by molar-refractivity contribution is 5.96. The normalized spacial score (nSPS) is 15.8. The maximum Gasteiger partial charge on any atom is 0.251 e. The van der Waals surface area contributed by atoms with Crippen LogP contribution in [-0.2, 0) is 4.79 Å². The molecule has 1 aromatic rings. The lowest BCUT2D eigenvalue weighted by molar-refractivity contribution is -0.121. The van der Waals surface area contributed by atoms with Crippen LogP contribution in [0.2, 0.25) is 0 Å². The maximum atomic E-state index is 11.7. The minimum atomic E-state index is -0.436.